The van der Waals surface area contributed by atoms with Gasteiger partial charge in [-0.1, -0.05) is 0 Å². The number of aromatic hydroxyl groups is 1. The maximum Gasteiger partial charge on any atom is 0.412 e. The van der Waals surface area contributed by atoms with E-state index >= 15 is 0 Å². The fourth-order valence-electron chi connectivity index (χ4n) is 2.87. The van der Waals surface area contributed by atoms with Crippen LogP contribution in [0.2, 0.25) is 0 Å². The van der Waals surface area contributed by atoms with Crippen molar-refractivity contribution in [1.82, 2.24) is 4.90 Å². The van der Waals surface area contributed by atoms with E-state index in [1.807, 2.05) is 0 Å². The fraction of sp³-hybridized carbons (Fsp3) is 0.556. The van der Waals surface area contributed by atoms with Gasteiger partial charge in [0.15, 0.2) is 11.5 Å². The Morgan fingerprint density at radius 2 is 2.04 bits per heavy atom. The quantitative estimate of drug-likeness (QED) is 0.755. The smallest absolute Gasteiger partial charge is 0.412 e. The van der Waals surface area contributed by atoms with Gasteiger partial charge >= 0.3 is 6.09 Å². The lowest BCUT2D eigenvalue weighted by Crippen LogP contribution is -2.38. The maximum absolute atomic E-state index is 13.0. The highest BCUT2D eigenvalue weighted by Crippen LogP contribution is 2.34. The van der Waals surface area contributed by atoms with Gasteiger partial charge in [-0.2, -0.15) is 0 Å². The summed E-state index contributed by atoms with van der Waals surface area (Å²) in [5.74, 6) is -0.455. The van der Waals surface area contributed by atoms with Crippen LogP contribution >= 0.6 is 0 Å². The third-order valence-electron chi connectivity index (χ3n) is 4.03. The largest absolute Gasteiger partial charge is 0.504 e. The third-order valence-corrected chi connectivity index (χ3v) is 4.03. The van der Waals surface area contributed by atoms with Crippen molar-refractivity contribution < 1.29 is 29.3 Å². The number of benzene rings is 1. The number of carbonyl (C=O) groups excluding carboxylic acids is 2. The molecule has 2 rings (SSSR count). The molecule has 1 aliphatic heterocycles. The van der Waals surface area contributed by atoms with E-state index < -0.39 is 11.7 Å². The third kappa shape index (κ3) is 4.57. The molecule has 0 unspecified atom stereocenters. The minimum Gasteiger partial charge on any atom is -0.504 e. The molecule has 1 aromatic rings. The second kappa shape index (κ2) is 7.82. The van der Waals surface area contributed by atoms with Crippen LogP contribution in [0.25, 0.3) is 0 Å². The number of ether oxygens (including phenoxy) is 2. The molecular formula is C18H26N2O6. The van der Waals surface area contributed by atoms with Crippen molar-refractivity contribution >= 4 is 17.7 Å². The summed E-state index contributed by atoms with van der Waals surface area (Å²) in [6.07, 6.45) is 0.768. The molecule has 3 N–H and O–H groups in total. The first-order valence-corrected chi connectivity index (χ1v) is 8.49. The summed E-state index contributed by atoms with van der Waals surface area (Å²) in [5.41, 5.74) is -0.434. The van der Waals surface area contributed by atoms with Gasteiger partial charge in [-0.15, -0.1) is 0 Å². The summed E-state index contributed by atoms with van der Waals surface area (Å²) in [5, 5.41) is 22.0. The van der Waals surface area contributed by atoms with Gasteiger partial charge in [0, 0.05) is 12.6 Å². The Kier molecular flexibility index (Phi) is 5.97. The topological polar surface area (TPSA) is 108 Å². The van der Waals surface area contributed by atoms with Crippen molar-refractivity contribution in [2.24, 2.45) is 0 Å². The fourth-order valence-corrected chi connectivity index (χ4v) is 2.87. The average molecular weight is 366 g/mol. The first kappa shape index (κ1) is 19.8. The van der Waals surface area contributed by atoms with Gasteiger partial charge in [0.1, 0.15) is 5.60 Å². The molecule has 1 aromatic carbocycles. The number of anilines is 1. The van der Waals surface area contributed by atoms with Gasteiger partial charge in [0.05, 0.1) is 31.0 Å². The van der Waals surface area contributed by atoms with Gasteiger partial charge in [-0.05, 0) is 39.7 Å². The first-order valence-electron chi connectivity index (χ1n) is 8.49. The van der Waals surface area contributed by atoms with Gasteiger partial charge in [-0.25, -0.2) is 4.79 Å². The number of amides is 2. The van der Waals surface area contributed by atoms with Gasteiger partial charge in [-0.3, -0.25) is 10.1 Å². The van der Waals surface area contributed by atoms with E-state index in [-0.39, 0.29) is 41.3 Å². The van der Waals surface area contributed by atoms with Crippen LogP contribution in [0.1, 0.15) is 44.0 Å². The number of rotatable bonds is 4. The normalized spacial score (nSPS) is 17.1. The molecule has 26 heavy (non-hydrogen) atoms. The summed E-state index contributed by atoms with van der Waals surface area (Å²) in [4.78, 5) is 26.6. The summed E-state index contributed by atoms with van der Waals surface area (Å²) in [7, 11) is 1.37. The van der Waals surface area contributed by atoms with Crippen LogP contribution in [0.5, 0.6) is 11.5 Å². The minimum absolute atomic E-state index is 0.114. The van der Waals surface area contributed by atoms with E-state index in [1.54, 1.807) is 25.7 Å². The van der Waals surface area contributed by atoms with Gasteiger partial charge < -0.3 is 24.6 Å². The highest BCUT2D eigenvalue weighted by molar-refractivity contribution is 6.03. The van der Waals surface area contributed by atoms with Crippen molar-refractivity contribution in [1.29, 1.82) is 0 Å². The van der Waals surface area contributed by atoms with E-state index in [4.69, 9.17) is 9.47 Å². The number of phenolic OH excluding ortho intramolecular Hbond substituents is 1. The molecule has 0 spiro atoms. The lowest BCUT2D eigenvalue weighted by Gasteiger charge is -2.25. The predicted octanol–water partition coefficient (Wildman–Crippen LogP) is 2.34. The van der Waals surface area contributed by atoms with Crippen molar-refractivity contribution in [2.45, 2.75) is 45.3 Å². The van der Waals surface area contributed by atoms with Crippen LogP contribution in [0.4, 0.5) is 10.5 Å². The van der Waals surface area contributed by atoms with Crippen LogP contribution < -0.4 is 10.1 Å². The standard InChI is InChI=1S/C18H26N2O6/c1-18(2,3)26-17(24)19-13-9-14(22)15(25-4)8-12(13)16(23)20-7-5-6-11(20)10-21/h8-9,11,21-22H,5-7,10H2,1-4H3,(H,19,24)/t11-/m0/s1. The average Bonchev–Trinajstić information content (AvgIpc) is 3.01. The van der Waals surface area contributed by atoms with E-state index in [0.29, 0.717) is 13.0 Å². The summed E-state index contributed by atoms with van der Waals surface area (Å²) >= 11 is 0. The zero-order valence-electron chi connectivity index (χ0n) is 15.5. The molecule has 2 amide bonds. The zero-order valence-corrected chi connectivity index (χ0v) is 15.5. The molecule has 1 atom stereocenters. The Balaban J connectivity index is 2.36. The lowest BCUT2D eigenvalue weighted by molar-refractivity contribution is 0.0635. The molecule has 8 nitrogen and oxygen atoms in total. The molecule has 1 saturated heterocycles. The number of nitrogens with one attached hydrogen (secondary N) is 1. The SMILES string of the molecule is COc1cc(C(=O)N2CCC[C@H]2CO)c(NC(=O)OC(C)(C)C)cc1O. The van der Waals surface area contributed by atoms with Crippen molar-refractivity contribution in [3.05, 3.63) is 17.7 Å². The second-order valence-corrected chi connectivity index (χ2v) is 7.17. The number of phenols is 1. The number of aliphatic hydroxyl groups excluding tert-OH is 1. The molecule has 0 bridgehead atoms. The Hall–Kier alpha value is -2.48. The first-order chi connectivity index (χ1) is 12.2. The van der Waals surface area contributed by atoms with Crippen molar-refractivity contribution in [2.75, 3.05) is 25.6 Å². The molecule has 8 heteroatoms. The summed E-state index contributed by atoms with van der Waals surface area (Å²) < 4.78 is 10.3. The lowest BCUT2D eigenvalue weighted by atomic mass is 10.1. The van der Waals surface area contributed by atoms with Crippen LogP contribution in [-0.2, 0) is 4.74 Å². The molecule has 0 aliphatic carbocycles. The molecule has 0 saturated carbocycles. The van der Waals surface area contributed by atoms with Crippen molar-refractivity contribution in [3.8, 4) is 11.5 Å². The molecule has 0 radical (unpaired) electrons. The molecule has 1 aliphatic rings. The van der Waals surface area contributed by atoms with Crippen LogP contribution in [0, 0.1) is 0 Å². The second-order valence-electron chi connectivity index (χ2n) is 7.17. The van der Waals surface area contributed by atoms with Crippen LogP contribution in [-0.4, -0.2) is 59.0 Å². The monoisotopic (exact) mass is 366 g/mol. The maximum atomic E-state index is 13.0. The number of nitrogens with zero attached hydrogens (tertiary/aromatic N) is 1. The van der Waals surface area contributed by atoms with Crippen molar-refractivity contribution in [3.63, 3.8) is 0 Å². The Bertz CT molecular complexity index is 683. The number of likely N-dealkylation sites (tertiary alicyclic amines) is 1. The molecule has 144 valence electrons. The Morgan fingerprint density at radius 3 is 2.62 bits per heavy atom. The Morgan fingerprint density at radius 1 is 1.35 bits per heavy atom. The molecule has 1 heterocycles. The number of hydrogen-bond acceptors (Lipinski definition) is 6. The number of methoxy groups -OCH3 is 1. The molecule has 0 aromatic heterocycles. The molecule has 1 fully saturated rings. The predicted molar refractivity (Wildman–Crippen MR) is 95.7 cm³/mol. The Labute approximate surface area is 152 Å². The van der Waals surface area contributed by atoms with Crippen LogP contribution in [0.15, 0.2) is 12.1 Å². The van der Waals surface area contributed by atoms with E-state index in [2.05, 4.69) is 5.32 Å². The summed E-state index contributed by atoms with van der Waals surface area (Å²) in [6, 6.07) is 2.36. The molecular weight excluding hydrogens is 340 g/mol. The number of aliphatic hydroxyl groups is 1. The van der Waals surface area contributed by atoms with Crippen LogP contribution in [0.3, 0.4) is 0 Å². The zero-order chi connectivity index (χ0) is 19.5. The number of carbonyl (C=O) groups is 2. The van der Waals surface area contributed by atoms with E-state index in [9.17, 15) is 19.8 Å². The number of hydrogen-bond donors (Lipinski definition) is 3. The minimum atomic E-state index is -0.740. The summed E-state index contributed by atoms with van der Waals surface area (Å²) in [6.45, 7) is 5.55. The van der Waals surface area contributed by atoms with E-state index in [0.717, 1.165) is 6.42 Å². The highest BCUT2D eigenvalue weighted by Gasteiger charge is 2.31. The van der Waals surface area contributed by atoms with Gasteiger partial charge in [0.2, 0.25) is 0 Å². The highest BCUT2D eigenvalue weighted by atomic mass is 16.6. The van der Waals surface area contributed by atoms with Gasteiger partial charge in [0.25, 0.3) is 5.91 Å². The van der Waals surface area contributed by atoms with E-state index in [1.165, 1.54) is 19.2 Å².